The monoisotopic (exact) mass is 180 g/mol. The zero-order valence-electron chi connectivity index (χ0n) is 8.25. The molecule has 1 aromatic rings. The summed E-state index contributed by atoms with van der Waals surface area (Å²) in [6.07, 6.45) is 2.68. The topological polar surface area (TPSA) is 42.7 Å². The Morgan fingerprint density at radius 2 is 2.38 bits per heavy atom. The van der Waals surface area contributed by atoms with E-state index in [2.05, 4.69) is 29.2 Å². The maximum absolute atomic E-state index is 4.28. The minimum Gasteiger partial charge on any atom is -0.316 e. The molecule has 4 heteroatoms. The second-order valence-corrected chi connectivity index (χ2v) is 4.08. The fourth-order valence-electron chi connectivity index (χ4n) is 1.75. The van der Waals surface area contributed by atoms with E-state index in [9.17, 15) is 0 Å². The van der Waals surface area contributed by atoms with Crippen LogP contribution >= 0.6 is 0 Å². The second kappa shape index (κ2) is 3.10. The Morgan fingerprint density at radius 3 is 2.92 bits per heavy atom. The molecule has 1 fully saturated rings. The summed E-state index contributed by atoms with van der Waals surface area (Å²) in [6.45, 7) is 7.50. The Balaban J connectivity index is 2.08. The first kappa shape index (κ1) is 8.69. The Hall–Kier alpha value is -0.900. The van der Waals surface area contributed by atoms with Crippen LogP contribution in [0.25, 0.3) is 0 Å². The summed E-state index contributed by atoms with van der Waals surface area (Å²) in [6, 6.07) is 0. The van der Waals surface area contributed by atoms with Crippen molar-refractivity contribution >= 4 is 0 Å². The van der Waals surface area contributed by atoms with E-state index in [0.717, 1.165) is 31.9 Å². The van der Waals surface area contributed by atoms with Crippen LogP contribution in [0.15, 0.2) is 6.33 Å². The number of hydrogen-bond acceptors (Lipinski definition) is 3. The van der Waals surface area contributed by atoms with Gasteiger partial charge in [0.05, 0.1) is 0 Å². The smallest absolute Gasteiger partial charge is 0.138 e. The molecule has 0 aliphatic carbocycles. The van der Waals surface area contributed by atoms with Gasteiger partial charge in [0.1, 0.15) is 12.2 Å². The molecule has 0 amide bonds. The third kappa shape index (κ3) is 1.58. The molecule has 1 aromatic heterocycles. The first-order valence-corrected chi connectivity index (χ1v) is 4.81. The van der Waals surface area contributed by atoms with Crippen LogP contribution in [-0.2, 0) is 13.0 Å². The van der Waals surface area contributed by atoms with Crippen LogP contribution in [0.5, 0.6) is 0 Å². The van der Waals surface area contributed by atoms with Crippen LogP contribution in [0.3, 0.4) is 0 Å². The van der Waals surface area contributed by atoms with E-state index >= 15 is 0 Å². The van der Waals surface area contributed by atoms with Crippen LogP contribution in [0.2, 0.25) is 0 Å². The Morgan fingerprint density at radius 1 is 1.62 bits per heavy atom. The molecule has 4 nitrogen and oxygen atoms in total. The van der Waals surface area contributed by atoms with Gasteiger partial charge in [-0.25, -0.2) is 4.98 Å². The van der Waals surface area contributed by atoms with Crippen molar-refractivity contribution in [3.63, 3.8) is 0 Å². The number of nitrogens with one attached hydrogen (secondary N) is 1. The zero-order chi connectivity index (χ0) is 9.31. The van der Waals surface area contributed by atoms with Gasteiger partial charge in [0, 0.05) is 26.1 Å². The summed E-state index contributed by atoms with van der Waals surface area (Å²) < 4.78 is 1.98. The molecule has 0 aromatic carbocycles. The molecule has 0 unspecified atom stereocenters. The van der Waals surface area contributed by atoms with E-state index in [1.54, 1.807) is 6.33 Å². The SMILES string of the molecule is CCn1ncnc1CC1(C)CNC1. The summed E-state index contributed by atoms with van der Waals surface area (Å²) in [7, 11) is 0. The van der Waals surface area contributed by atoms with Gasteiger partial charge < -0.3 is 5.32 Å². The number of nitrogens with zero attached hydrogens (tertiary/aromatic N) is 3. The lowest BCUT2D eigenvalue weighted by molar-refractivity contribution is 0.189. The number of aromatic nitrogens is 3. The molecular weight excluding hydrogens is 164 g/mol. The molecule has 1 aliphatic rings. The highest BCUT2D eigenvalue weighted by atomic mass is 15.3. The molecule has 0 saturated carbocycles. The summed E-state index contributed by atoms with van der Waals surface area (Å²) >= 11 is 0. The molecule has 1 saturated heterocycles. The zero-order valence-corrected chi connectivity index (χ0v) is 8.25. The van der Waals surface area contributed by atoms with E-state index < -0.39 is 0 Å². The first-order chi connectivity index (χ1) is 6.23. The molecule has 0 bridgehead atoms. The van der Waals surface area contributed by atoms with Crippen molar-refractivity contribution in [2.45, 2.75) is 26.8 Å². The van der Waals surface area contributed by atoms with Crippen molar-refractivity contribution in [1.82, 2.24) is 20.1 Å². The summed E-state index contributed by atoms with van der Waals surface area (Å²) in [5.74, 6) is 1.12. The van der Waals surface area contributed by atoms with Crippen molar-refractivity contribution < 1.29 is 0 Å². The van der Waals surface area contributed by atoms with Crippen molar-refractivity contribution in [3.05, 3.63) is 12.2 Å². The van der Waals surface area contributed by atoms with E-state index in [-0.39, 0.29) is 0 Å². The highest BCUT2D eigenvalue weighted by molar-refractivity contribution is 4.98. The fourth-order valence-corrected chi connectivity index (χ4v) is 1.75. The maximum Gasteiger partial charge on any atom is 0.138 e. The van der Waals surface area contributed by atoms with Crippen molar-refractivity contribution in [1.29, 1.82) is 0 Å². The lowest BCUT2D eigenvalue weighted by Crippen LogP contribution is -2.52. The molecule has 72 valence electrons. The average molecular weight is 180 g/mol. The molecule has 1 aliphatic heterocycles. The normalized spacial score (nSPS) is 19.8. The first-order valence-electron chi connectivity index (χ1n) is 4.81. The standard InChI is InChI=1S/C9H16N4/c1-3-13-8(11-7-12-13)4-9(2)5-10-6-9/h7,10H,3-6H2,1-2H3. The quantitative estimate of drug-likeness (QED) is 0.734. The highest BCUT2D eigenvalue weighted by Gasteiger charge is 2.33. The Labute approximate surface area is 78.4 Å². The van der Waals surface area contributed by atoms with Crippen molar-refractivity contribution in [3.8, 4) is 0 Å². The molecule has 2 rings (SSSR count). The van der Waals surface area contributed by atoms with Crippen LogP contribution in [0.4, 0.5) is 0 Å². The van der Waals surface area contributed by atoms with Gasteiger partial charge in [0.25, 0.3) is 0 Å². The average Bonchev–Trinajstić information content (AvgIpc) is 2.49. The van der Waals surface area contributed by atoms with Crippen LogP contribution in [0.1, 0.15) is 19.7 Å². The lowest BCUT2D eigenvalue weighted by Gasteiger charge is -2.39. The molecular formula is C9H16N4. The molecule has 0 spiro atoms. The minimum absolute atomic E-state index is 0.403. The van der Waals surface area contributed by atoms with Gasteiger partial charge in [-0.1, -0.05) is 6.92 Å². The van der Waals surface area contributed by atoms with Gasteiger partial charge >= 0.3 is 0 Å². The third-order valence-electron chi connectivity index (χ3n) is 2.68. The largest absolute Gasteiger partial charge is 0.316 e. The molecule has 1 N–H and O–H groups in total. The number of rotatable bonds is 3. The third-order valence-corrected chi connectivity index (χ3v) is 2.68. The number of aryl methyl sites for hydroxylation is 1. The van der Waals surface area contributed by atoms with Crippen molar-refractivity contribution in [2.24, 2.45) is 5.41 Å². The Kier molecular flexibility index (Phi) is 2.07. The maximum atomic E-state index is 4.28. The molecule has 0 atom stereocenters. The molecule has 2 heterocycles. The van der Waals surface area contributed by atoms with Gasteiger partial charge in [-0.3, -0.25) is 4.68 Å². The van der Waals surface area contributed by atoms with Crippen LogP contribution < -0.4 is 5.32 Å². The predicted molar refractivity (Wildman–Crippen MR) is 50.4 cm³/mol. The number of hydrogen-bond donors (Lipinski definition) is 1. The second-order valence-electron chi connectivity index (χ2n) is 4.08. The van der Waals surface area contributed by atoms with Crippen molar-refractivity contribution in [2.75, 3.05) is 13.1 Å². The van der Waals surface area contributed by atoms with Gasteiger partial charge in [-0.15, -0.1) is 0 Å². The van der Waals surface area contributed by atoms with Gasteiger partial charge in [-0.2, -0.15) is 5.10 Å². The van der Waals surface area contributed by atoms with Gasteiger partial charge in [0.15, 0.2) is 0 Å². The van der Waals surface area contributed by atoms with E-state index in [1.165, 1.54) is 0 Å². The summed E-state index contributed by atoms with van der Waals surface area (Å²) in [4.78, 5) is 4.28. The van der Waals surface area contributed by atoms with Crippen LogP contribution in [0, 0.1) is 5.41 Å². The van der Waals surface area contributed by atoms with E-state index in [1.807, 2.05) is 4.68 Å². The Bertz CT molecular complexity index is 288. The molecule has 13 heavy (non-hydrogen) atoms. The van der Waals surface area contributed by atoms with Gasteiger partial charge in [-0.05, 0) is 12.3 Å². The summed E-state index contributed by atoms with van der Waals surface area (Å²) in [5.41, 5.74) is 0.403. The predicted octanol–water partition coefficient (Wildman–Crippen LogP) is 0.450. The minimum atomic E-state index is 0.403. The van der Waals surface area contributed by atoms with E-state index in [4.69, 9.17) is 0 Å². The van der Waals surface area contributed by atoms with Gasteiger partial charge in [0.2, 0.25) is 0 Å². The lowest BCUT2D eigenvalue weighted by atomic mass is 9.80. The van der Waals surface area contributed by atoms with Crippen LogP contribution in [-0.4, -0.2) is 27.9 Å². The van der Waals surface area contributed by atoms with E-state index in [0.29, 0.717) is 5.41 Å². The fraction of sp³-hybridized carbons (Fsp3) is 0.778. The molecule has 0 radical (unpaired) electrons. The summed E-state index contributed by atoms with van der Waals surface area (Å²) in [5, 5.41) is 7.46. The highest BCUT2D eigenvalue weighted by Crippen LogP contribution is 2.25.